The molecule has 21 heavy (non-hydrogen) atoms. The first-order valence-corrected chi connectivity index (χ1v) is 7.89. The number of nitrogens with two attached hydrogens (primary N) is 1. The van der Waals surface area contributed by atoms with Gasteiger partial charge in [-0.1, -0.05) is 29.8 Å². The van der Waals surface area contributed by atoms with Crippen LogP contribution >= 0.6 is 0 Å². The molecule has 2 aromatic rings. The molecular formula is C15H17FN2O2S. The van der Waals surface area contributed by atoms with E-state index in [0.717, 1.165) is 23.3 Å². The second kappa shape index (κ2) is 5.83. The topological polar surface area (TPSA) is 72.2 Å². The Labute approximate surface area is 123 Å². The first kappa shape index (κ1) is 15.5. The molecule has 112 valence electrons. The second-order valence-electron chi connectivity index (χ2n) is 4.95. The Bertz CT molecular complexity index is 756. The summed E-state index contributed by atoms with van der Waals surface area (Å²) in [6.45, 7) is 3.66. The van der Waals surface area contributed by atoms with Gasteiger partial charge < -0.3 is 5.73 Å². The molecule has 0 aliphatic rings. The summed E-state index contributed by atoms with van der Waals surface area (Å²) in [5.74, 6) is -0.807. The number of sulfonamides is 1. The highest BCUT2D eigenvalue weighted by molar-refractivity contribution is 7.89. The lowest BCUT2D eigenvalue weighted by atomic mass is 10.2. The predicted molar refractivity (Wildman–Crippen MR) is 80.8 cm³/mol. The van der Waals surface area contributed by atoms with Crippen LogP contribution in [0.3, 0.4) is 0 Å². The Morgan fingerprint density at radius 3 is 2.38 bits per heavy atom. The van der Waals surface area contributed by atoms with E-state index in [1.54, 1.807) is 6.92 Å². The molecule has 0 aliphatic heterocycles. The van der Waals surface area contributed by atoms with E-state index >= 15 is 0 Å². The third kappa shape index (κ3) is 3.59. The van der Waals surface area contributed by atoms with Gasteiger partial charge in [-0.25, -0.2) is 17.5 Å². The number of rotatable bonds is 4. The highest BCUT2D eigenvalue weighted by atomic mass is 32.2. The largest absolute Gasteiger partial charge is 0.398 e. The lowest BCUT2D eigenvalue weighted by Crippen LogP contribution is -2.24. The number of hydrogen-bond donors (Lipinski definition) is 2. The van der Waals surface area contributed by atoms with Crippen LogP contribution in [0.15, 0.2) is 41.3 Å². The average molecular weight is 308 g/mol. The second-order valence-corrected chi connectivity index (χ2v) is 6.68. The van der Waals surface area contributed by atoms with Crippen molar-refractivity contribution in [3.05, 3.63) is 58.9 Å². The fraction of sp³-hybridized carbons (Fsp3) is 0.200. The minimum absolute atomic E-state index is 0.0931. The van der Waals surface area contributed by atoms with Crippen molar-refractivity contribution in [1.29, 1.82) is 0 Å². The van der Waals surface area contributed by atoms with Gasteiger partial charge in [-0.05, 0) is 37.1 Å². The summed E-state index contributed by atoms with van der Waals surface area (Å²) in [5.41, 5.74) is 8.28. The molecule has 0 saturated heterocycles. The summed E-state index contributed by atoms with van der Waals surface area (Å²) in [6.07, 6.45) is 0. The van der Waals surface area contributed by atoms with E-state index < -0.39 is 20.7 Å². The number of anilines is 1. The van der Waals surface area contributed by atoms with E-state index in [4.69, 9.17) is 5.73 Å². The molecular weight excluding hydrogens is 291 g/mol. The van der Waals surface area contributed by atoms with Crippen LogP contribution < -0.4 is 10.5 Å². The molecule has 0 spiro atoms. The van der Waals surface area contributed by atoms with E-state index in [2.05, 4.69) is 4.72 Å². The standard InChI is InChI=1S/C15H17FN2O2S/c1-10-3-5-12(6-4-10)9-18-21(19,20)15-8-14(17)11(2)7-13(15)16/h3-8,18H,9,17H2,1-2H3. The summed E-state index contributed by atoms with van der Waals surface area (Å²) in [6, 6.07) is 9.66. The van der Waals surface area contributed by atoms with Crippen LogP contribution in [-0.4, -0.2) is 8.42 Å². The van der Waals surface area contributed by atoms with E-state index in [9.17, 15) is 12.8 Å². The fourth-order valence-electron chi connectivity index (χ4n) is 1.84. The molecule has 0 unspecified atom stereocenters. The van der Waals surface area contributed by atoms with Crippen LogP contribution in [0.4, 0.5) is 10.1 Å². The van der Waals surface area contributed by atoms with E-state index in [-0.39, 0.29) is 12.2 Å². The van der Waals surface area contributed by atoms with E-state index in [0.29, 0.717) is 5.56 Å². The van der Waals surface area contributed by atoms with E-state index in [1.807, 2.05) is 31.2 Å². The molecule has 0 atom stereocenters. The van der Waals surface area contributed by atoms with Crippen molar-refractivity contribution < 1.29 is 12.8 Å². The van der Waals surface area contributed by atoms with Crippen molar-refractivity contribution in [3.63, 3.8) is 0 Å². The molecule has 0 bridgehead atoms. The van der Waals surface area contributed by atoms with Crippen LogP contribution in [0, 0.1) is 19.7 Å². The van der Waals surface area contributed by atoms with Gasteiger partial charge in [-0.15, -0.1) is 0 Å². The van der Waals surface area contributed by atoms with Gasteiger partial charge in [0.2, 0.25) is 10.0 Å². The lowest BCUT2D eigenvalue weighted by Gasteiger charge is -2.10. The number of nitrogen functional groups attached to an aromatic ring is 1. The number of hydrogen-bond acceptors (Lipinski definition) is 3. The van der Waals surface area contributed by atoms with Gasteiger partial charge in [-0.2, -0.15) is 0 Å². The van der Waals surface area contributed by atoms with Crippen molar-refractivity contribution in [2.75, 3.05) is 5.73 Å². The maximum atomic E-state index is 13.8. The molecule has 3 N–H and O–H groups in total. The number of halogens is 1. The maximum absolute atomic E-state index is 13.8. The van der Waals surface area contributed by atoms with Gasteiger partial charge in [0.15, 0.2) is 0 Å². The number of benzene rings is 2. The van der Waals surface area contributed by atoms with Crippen molar-refractivity contribution >= 4 is 15.7 Å². The third-order valence-corrected chi connectivity index (χ3v) is 4.61. The Morgan fingerprint density at radius 1 is 1.14 bits per heavy atom. The molecule has 6 heteroatoms. The Morgan fingerprint density at radius 2 is 1.76 bits per heavy atom. The molecule has 0 amide bonds. The zero-order valence-corrected chi connectivity index (χ0v) is 12.7. The lowest BCUT2D eigenvalue weighted by molar-refractivity contribution is 0.556. The maximum Gasteiger partial charge on any atom is 0.243 e. The Hall–Kier alpha value is -1.92. The Balaban J connectivity index is 2.22. The molecule has 0 aromatic heterocycles. The molecule has 0 fully saturated rings. The molecule has 0 heterocycles. The fourth-order valence-corrected chi connectivity index (χ4v) is 2.95. The van der Waals surface area contributed by atoms with Crippen LogP contribution in [0.5, 0.6) is 0 Å². The molecule has 0 saturated carbocycles. The summed E-state index contributed by atoms with van der Waals surface area (Å²) >= 11 is 0. The monoisotopic (exact) mass is 308 g/mol. The SMILES string of the molecule is Cc1ccc(CNS(=O)(=O)c2cc(N)c(C)cc2F)cc1. The average Bonchev–Trinajstić information content (AvgIpc) is 2.42. The first-order chi connectivity index (χ1) is 9.79. The number of aryl methyl sites for hydroxylation is 2. The van der Waals surface area contributed by atoms with Crippen LogP contribution in [0.1, 0.15) is 16.7 Å². The van der Waals surface area contributed by atoms with Gasteiger partial charge in [0.25, 0.3) is 0 Å². The van der Waals surface area contributed by atoms with Crippen molar-refractivity contribution in [2.45, 2.75) is 25.3 Å². The van der Waals surface area contributed by atoms with Crippen LogP contribution in [0.2, 0.25) is 0 Å². The minimum atomic E-state index is -3.94. The van der Waals surface area contributed by atoms with Crippen molar-refractivity contribution in [2.24, 2.45) is 0 Å². The highest BCUT2D eigenvalue weighted by Crippen LogP contribution is 2.21. The van der Waals surface area contributed by atoms with Crippen molar-refractivity contribution in [3.8, 4) is 0 Å². The zero-order valence-electron chi connectivity index (χ0n) is 11.9. The summed E-state index contributed by atoms with van der Waals surface area (Å²) < 4.78 is 40.5. The summed E-state index contributed by atoms with van der Waals surface area (Å²) in [4.78, 5) is -0.433. The molecule has 2 rings (SSSR count). The summed E-state index contributed by atoms with van der Waals surface area (Å²) in [5, 5.41) is 0. The summed E-state index contributed by atoms with van der Waals surface area (Å²) in [7, 11) is -3.94. The van der Waals surface area contributed by atoms with Gasteiger partial charge in [0.05, 0.1) is 0 Å². The normalized spacial score (nSPS) is 11.6. The first-order valence-electron chi connectivity index (χ1n) is 6.40. The van der Waals surface area contributed by atoms with Gasteiger partial charge in [0.1, 0.15) is 10.7 Å². The Kier molecular flexibility index (Phi) is 4.29. The highest BCUT2D eigenvalue weighted by Gasteiger charge is 2.20. The molecule has 0 aliphatic carbocycles. The van der Waals surface area contributed by atoms with Gasteiger partial charge in [0, 0.05) is 12.2 Å². The zero-order chi connectivity index (χ0) is 15.6. The van der Waals surface area contributed by atoms with Gasteiger partial charge in [-0.3, -0.25) is 0 Å². The minimum Gasteiger partial charge on any atom is -0.398 e. The number of nitrogens with one attached hydrogen (secondary N) is 1. The van der Waals surface area contributed by atoms with Gasteiger partial charge >= 0.3 is 0 Å². The van der Waals surface area contributed by atoms with Crippen molar-refractivity contribution in [1.82, 2.24) is 4.72 Å². The predicted octanol–water partition coefficient (Wildman–Crippen LogP) is 2.50. The molecule has 2 aromatic carbocycles. The smallest absolute Gasteiger partial charge is 0.243 e. The quantitative estimate of drug-likeness (QED) is 0.852. The van der Waals surface area contributed by atoms with Crippen LogP contribution in [0.25, 0.3) is 0 Å². The molecule has 0 radical (unpaired) electrons. The molecule has 4 nitrogen and oxygen atoms in total. The van der Waals surface area contributed by atoms with E-state index in [1.165, 1.54) is 0 Å². The third-order valence-electron chi connectivity index (χ3n) is 3.20. The van der Waals surface area contributed by atoms with Crippen LogP contribution in [-0.2, 0) is 16.6 Å².